The molecule has 0 heterocycles. The number of nitrogens with two attached hydrogens (primary N) is 1. The molecule has 10 heteroatoms. The molecule has 0 spiro atoms. The van der Waals surface area contributed by atoms with Crippen LogP contribution in [0.2, 0.25) is 0 Å². The van der Waals surface area contributed by atoms with Gasteiger partial charge in [-0.3, -0.25) is 24.2 Å². The Labute approximate surface area is 247 Å². The molecule has 42 heavy (non-hydrogen) atoms. The van der Waals surface area contributed by atoms with E-state index in [0.717, 1.165) is 0 Å². The molecule has 4 rings (SSSR count). The first-order valence-electron chi connectivity index (χ1n) is 14.3. The number of primary amides is 1. The van der Waals surface area contributed by atoms with Crippen LogP contribution in [0.1, 0.15) is 61.2 Å². The number of carbonyl (C=O) groups excluding carboxylic acids is 3. The Kier molecular flexibility index (Phi) is 8.25. The molecule has 1 amide bonds. The SMILES string of the molecule is COC1=C2C(=O)c3c(C)cc(CN(C)[C@H](C)C(C)(C)C)c(F)c3C[C@H]2C[C@H]2[C@H](N(C)C)C(O)=C(C(N)=O)C(=O)[C@@]12OC. The molecule has 3 N–H and O–H groups in total. The zero-order chi connectivity index (χ0) is 31.6. The summed E-state index contributed by atoms with van der Waals surface area (Å²) in [4.78, 5) is 44.4. The Balaban J connectivity index is 1.91. The third-order valence-electron chi connectivity index (χ3n) is 9.75. The first-order chi connectivity index (χ1) is 19.4. The summed E-state index contributed by atoms with van der Waals surface area (Å²) in [6, 6.07) is 1.05. The topological polar surface area (TPSA) is 122 Å². The number of aliphatic hydroxyl groups is 1. The molecule has 0 radical (unpaired) electrons. The molecule has 0 saturated heterocycles. The first kappa shape index (κ1) is 31.8. The second-order valence-corrected chi connectivity index (χ2v) is 13.3. The second kappa shape index (κ2) is 10.9. The number of ether oxygens (including phenoxy) is 2. The van der Waals surface area contributed by atoms with Crippen molar-refractivity contribution in [2.45, 2.75) is 71.7 Å². The number of methoxy groups -OCH3 is 2. The number of fused-ring (bicyclic) bond motifs is 3. The predicted molar refractivity (Wildman–Crippen MR) is 156 cm³/mol. The number of Topliss-reactive ketones (excluding diaryl/α,β-unsaturated/α-hetero) is 2. The van der Waals surface area contributed by atoms with Gasteiger partial charge in [-0.05, 0) is 64.7 Å². The van der Waals surface area contributed by atoms with E-state index in [1.807, 2.05) is 7.05 Å². The van der Waals surface area contributed by atoms with Crippen LogP contribution in [0, 0.1) is 30.0 Å². The zero-order valence-corrected chi connectivity index (χ0v) is 26.3. The number of rotatable bonds is 7. The number of hydrogen-bond donors (Lipinski definition) is 2. The largest absolute Gasteiger partial charge is 0.510 e. The van der Waals surface area contributed by atoms with E-state index >= 15 is 4.39 Å². The van der Waals surface area contributed by atoms with Crippen LogP contribution in [-0.2, 0) is 32.0 Å². The Morgan fingerprint density at radius 1 is 1.24 bits per heavy atom. The number of likely N-dealkylation sites (N-methyl/N-ethyl adjacent to an activating group) is 1. The van der Waals surface area contributed by atoms with Gasteiger partial charge in [0.1, 0.15) is 22.9 Å². The van der Waals surface area contributed by atoms with Crippen molar-refractivity contribution in [2.24, 2.45) is 23.0 Å². The van der Waals surface area contributed by atoms with Gasteiger partial charge >= 0.3 is 0 Å². The molecular formula is C32H44FN3O6. The van der Waals surface area contributed by atoms with Crippen LogP contribution < -0.4 is 5.73 Å². The number of aliphatic hydroxyl groups excluding tert-OH is 1. The quantitative estimate of drug-likeness (QED) is 0.467. The molecule has 1 aromatic rings. The molecular weight excluding hydrogens is 541 g/mol. The summed E-state index contributed by atoms with van der Waals surface area (Å²) in [5, 5.41) is 11.1. The summed E-state index contributed by atoms with van der Waals surface area (Å²) in [6.45, 7) is 10.7. The van der Waals surface area contributed by atoms with Crippen LogP contribution in [-0.4, -0.2) is 85.4 Å². The van der Waals surface area contributed by atoms with Gasteiger partial charge in [-0.15, -0.1) is 0 Å². The van der Waals surface area contributed by atoms with E-state index in [9.17, 15) is 19.5 Å². The predicted octanol–water partition coefficient (Wildman–Crippen LogP) is 3.47. The van der Waals surface area contributed by atoms with E-state index in [-0.39, 0.29) is 41.2 Å². The average Bonchev–Trinajstić information content (AvgIpc) is 2.88. The normalized spacial score (nSPS) is 26.8. The maximum absolute atomic E-state index is 16.3. The van der Waals surface area contributed by atoms with Gasteiger partial charge in [-0.2, -0.15) is 0 Å². The van der Waals surface area contributed by atoms with Crippen molar-refractivity contribution >= 4 is 17.5 Å². The monoisotopic (exact) mass is 585 g/mol. The summed E-state index contributed by atoms with van der Waals surface area (Å²) in [5.74, 6) is -4.52. The number of nitrogens with zero attached hydrogens (tertiary/aromatic N) is 2. The van der Waals surface area contributed by atoms with Crippen LogP contribution in [0.4, 0.5) is 4.39 Å². The lowest BCUT2D eigenvalue weighted by atomic mass is 9.58. The maximum Gasteiger partial charge on any atom is 0.255 e. The molecule has 0 bridgehead atoms. The summed E-state index contributed by atoms with van der Waals surface area (Å²) in [7, 11) is 8.02. The summed E-state index contributed by atoms with van der Waals surface area (Å²) < 4.78 is 28.0. The van der Waals surface area contributed by atoms with Crippen LogP contribution in [0.15, 0.2) is 28.7 Å². The lowest BCUT2D eigenvalue weighted by molar-refractivity contribution is -0.155. The Bertz CT molecular complexity index is 1410. The van der Waals surface area contributed by atoms with E-state index in [2.05, 4.69) is 32.6 Å². The maximum atomic E-state index is 16.3. The highest BCUT2D eigenvalue weighted by atomic mass is 19.1. The number of halogens is 1. The standard InChI is InChI=1S/C32H44FN3O6/c1-15-11-18(14-36(8)16(2)31(3,4)5)24(33)19-12-17-13-20-25(35(6)7)27(38)23(30(34)40)28(39)32(20,42-10)29(41-9)22(17)26(37)21(15)19/h11,16-17,20,25,38H,12-14H2,1-10H3,(H2,34,40)/t16-,17+,20+,25+,32-/m1/s1. The minimum atomic E-state index is -1.88. The molecule has 0 saturated carbocycles. The summed E-state index contributed by atoms with van der Waals surface area (Å²) in [5.41, 5.74) is 5.09. The highest BCUT2D eigenvalue weighted by molar-refractivity contribution is 6.25. The lowest BCUT2D eigenvalue weighted by Gasteiger charge is -2.52. The first-order valence-corrected chi connectivity index (χ1v) is 14.3. The van der Waals surface area contributed by atoms with Crippen molar-refractivity contribution in [1.82, 2.24) is 9.80 Å². The third kappa shape index (κ3) is 4.59. The zero-order valence-electron chi connectivity index (χ0n) is 26.3. The van der Waals surface area contributed by atoms with E-state index in [1.165, 1.54) is 14.2 Å². The molecule has 0 unspecified atom stereocenters. The van der Waals surface area contributed by atoms with Crippen LogP contribution >= 0.6 is 0 Å². The van der Waals surface area contributed by atoms with Gasteiger partial charge in [-0.1, -0.05) is 26.8 Å². The minimum absolute atomic E-state index is 0.00850. The number of benzene rings is 1. The van der Waals surface area contributed by atoms with Gasteiger partial charge in [0.05, 0.1) is 13.2 Å². The number of ketones is 2. The van der Waals surface area contributed by atoms with Gasteiger partial charge in [0.25, 0.3) is 5.91 Å². The molecule has 5 atom stereocenters. The number of amides is 1. The molecule has 0 fully saturated rings. The molecule has 3 aliphatic rings. The van der Waals surface area contributed by atoms with Crippen LogP contribution in [0.25, 0.3) is 0 Å². The van der Waals surface area contributed by atoms with Crippen LogP contribution in [0.5, 0.6) is 0 Å². The van der Waals surface area contributed by atoms with Crippen molar-refractivity contribution in [3.05, 3.63) is 56.8 Å². The van der Waals surface area contributed by atoms with Crippen molar-refractivity contribution < 1.29 is 33.4 Å². The van der Waals surface area contributed by atoms with Crippen LogP contribution in [0.3, 0.4) is 0 Å². The Hall–Kier alpha value is -3.08. The molecule has 230 valence electrons. The number of carbonyl (C=O) groups is 3. The van der Waals surface area contributed by atoms with E-state index in [1.54, 1.807) is 32.0 Å². The van der Waals surface area contributed by atoms with Gasteiger partial charge in [0, 0.05) is 47.9 Å². The fourth-order valence-corrected chi connectivity index (χ4v) is 7.33. The van der Waals surface area contributed by atoms with Gasteiger partial charge in [-0.25, -0.2) is 4.39 Å². The van der Waals surface area contributed by atoms with Crippen molar-refractivity contribution in [3.8, 4) is 0 Å². The number of hydrogen-bond acceptors (Lipinski definition) is 8. The molecule has 0 aliphatic heterocycles. The fourth-order valence-electron chi connectivity index (χ4n) is 7.33. The van der Waals surface area contributed by atoms with Crippen molar-refractivity contribution in [2.75, 3.05) is 35.4 Å². The third-order valence-corrected chi connectivity index (χ3v) is 9.75. The summed E-state index contributed by atoms with van der Waals surface area (Å²) in [6.07, 6.45) is 0.412. The molecule has 3 aliphatic carbocycles. The average molecular weight is 586 g/mol. The highest BCUT2D eigenvalue weighted by Gasteiger charge is 2.65. The van der Waals surface area contributed by atoms with E-state index in [0.29, 0.717) is 23.2 Å². The number of aryl methyl sites for hydroxylation is 1. The second-order valence-electron chi connectivity index (χ2n) is 13.3. The van der Waals surface area contributed by atoms with Gasteiger partial charge < -0.3 is 20.3 Å². The Morgan fingerprint density at radius 2 is 1.86 bits per heavy atom. The molecule has 9 nitrogen and oxygen atoms in total. The lowest BCUT2D eigenvalue weighted by Crippen LogP contribution is -2.64. The van der Waals surface area contributed by atoms with Crippen molar-refractivity contribution in [3.63, 3.8) is 0 Å². The summed E-state index contributed by atoms with van der Waals surface area (Å²) >= 11 is 0. The van der Waals surface area contributed by atoms with Crippen molar-refractivity contribution in [1.29, 1.82) is 0 Å². The Morgan fingerprint density at radius 3 is 2.36 bits per heavy atom. The van der Waals surface area contributed by atoms with E-state index < -0.39 is 58.1 Å². The highest BCUT2D eigenvalue weighted by Crippen LogP contribution is 2.54. The van der Waals surface area contributed by atoms with Gasteiger partial charge in [0.2, 0.25) is 5.78 Å². The smallest absolute Gasteiger partial charge is 0.255 e. The van der Waals surface area contributed by atoms with Gasteiger partial charge in [0.15, 0.2) is 11.4 Å². The number of allylic oxidation sites excluding steroid dienone is 1. The van der Waals surface area contributed by atoms with E-state index in [4.69, 9.17) is 15.2 Å². The molecule has 1 aromatic carbocycles. The fraction of sp³-hybridized carbons (Fsp3) is 0.594. The molecule has 0 aromatic heterocycles. The minimum Gasteiger partial charge on any atom is -0.510 e.